The highest BCUT2D eigenvalue weighted by atomic mass is 16.5. The van der Waals surface area contributed by atoms with Crippen molar-refractivity contribution < 1.29 is 4.74 Å². The molecule has 13 heavy (non-hydrogen) atoms. The van der Waals surface area contributed by atoms with Gasteiger partial charge in [-0.3, -0.25) is 0 Å². The predicted octanol–water partition coefficient (Wildman–Crippen LogP) is 2.44. The Kier molecular flexibility index (Phi) is 4.29. The molecule has 2 heteroatoms. The highest BCUT2D eigenvalue weighted by Gasteiger charge is 2.19. The number of hydrogen-bond donors (Lipinski definition) is 1. The molecule has 0 aromatic carbocycles. The fraction of sp³-hybridized carbons (Fsp3) is 0.818. The van der Waals surface area contributed by atoms with E-state index < -0.39 is 0 Å². The average Bonchev–Trinajstić information content (AvgIpc) is 2.21. The van der Waals surface area contributed by atoms with Crippen molar-refractivity contribution in [3.8, 4) is 0 Å². The minimum Gasteiger partial charge on any atom is -0.501 e. The van der Waals surface area contributed by atoms with E-state index in [9.17, 15) is 0 Å². The fourth-order valence-corrected chi connectivity index (χ4v) is 1.93. The van der Waals surface area contributed by atoms with Gasteiger partial charge in [0, 0.05) is 6.04 Å². The summed E-state index contributed by atoms with van der Waals surface area (Å²) < 4.78 is 5.30. The second-order valence-corrected chi connectivity index (χ2v) is 3.77. The molecule has 0 bridgehead atoms. The van der Waals surface area contributed by atoms with E-state index >= 15 is 0 Å². The van der Waals surface area contributed by atoms with E-state index in [0.29, 0.717) is 5.92 Å². The van der Waals surface area contributed by atoms with Gasteiger partial charge in [-0.05, 0) is 24.3 Å². The van der Waals surface area contributed by atoms with Crippen LogP contribution in [-0.4, -0.2) is 12.6 Å². The largest absolute Gasteiger partial charge is 0.501 e. The summed E-state index contributed by atoms with van der Waals surface area (Å²) in [6.45, 7) is 5.27. The predicted molar refractivity (Wildman–Crippen MR) is 55.3 cm³/mol. The van der Waals surface area contributed by atoms with Crippen molar-refractivity contribution in [2.75, 3.05) is 6.61 Å². The molecule has 0 radical (unpaired) electrons. The summed E-state index contributed by atoms with van der Waals surface area (Å²) in [5.74, 6) is 0.618. The molecule has 0 fully saturated rings. The molecule has 0 aromatic rings. The average molecular weight is 183 g/mol. The van der Waals surface area contributed by atoms with Crippen LogP contribution in [0.25, 0.3) is 0 Å². The molecule has 1 unspecified atom stereocenters. The van der Waals surface area contributed by atoms with Crippen LogP contribution in [0.3, 0.4) is 0 Å². The van der Waals surface area contributed by atoms with Crippen molar-refractivity contribution in [2.24, 2.45) is 11.7 Å². The lowest BCUT2D eigenvalue weighted by Gasteiger charge is -2.25. The van der Waals surface area contributed by atoms with Gasteiger partial charge in [0.25, 0.3) is 0 Å². The van der Waals surface area contributed by atoms with E-state index in [2.05, 4.69) is 13.8 Å². The molecule has 0 saturated carbocycles. The van der Waals surface area contributed by atoms with Crippen LogP contribution in [0.1, 0.15) is 39.5 Å². The standard InChI is InChI=1S/C11H21NO/c1-3-9(4-2)11(12)10-6-5-7-13-8-10/h8-9,11H,3-7,12H2,1-2H3. The van der Waals surface area contributed by atoms with E-state index in [0.717, 1.165) is 32.3 Å². The maximum absolute atomic E-state index is 6.17. The Labute approximate surface area is 81.1 Å². The summed E-state index contributed by atoms with van der Waals surface area (Å²) in [4.78, 5) is 0. The first-order valence-corrected chi connectivity index (χ1v) is 5.35. The molecule has 76 valence electrons. The normalized spacial score (nSPS) is 19.5. The van der Waals surface area contributed by atoms with Gasteiger partial charge in [0.05, 0.1) is 12.9 Å². The third-order valence-corrected chi connectivity index (χ3v) is 2.95. The summed E-state index contributed by atoms with van der Waals surface area (Å²) in [5.41, 5.74) is 7.47. The third kappa shape index (κ3) is 2.73. The van der Waals surface area contributed by atoms with E-state index in [-0.39, 0.29) is 6.04 Å². The van der Waals surface area contributed by atoms with Crippen molar-refractivity contribution in [2.45, 2.75) is 45.6 Å². The number of hydrogen-bond acceptors (Lipinski definition) is 2. The molecule has 0 aromatic heterocycles. The van der Waals surface area contributed by atoms with Gasteiger partial charge < -0.3 is 10.5 Å². The van der Waals surface area contributed by atoms with E-state index in [1.165, 1.54) is 5.57 Å². The van der Waals surface area contributed by atoms with Gasteiger partial charge in [0.1, 0.15) is 0 Å². The summed E-state index contributed by atoms with van der Waals surface area (Å²) in [7, 11) is 0. The molecule has 0 spiro atoms. The van der Waals surface area contributed by atoms with E-state index in [4.69, 9.17) is 10.5 Å². The van der Waals surface area contributed by atoms with Gasteiger partial charge in [-0.25, -0.2) is 0 Å². The Morgan fingerprint density at radius 2 is 2.15 bits per heavy atom. The maximum atomic E-state index is 6.17. The van der Waals surface area contributed by atoms with Crippen LogP contribution in [0.2, 0.25) is 0 Å². The molecular formula is C11H21NO. The van der Waals surface area contributed by atoms with Crippen molar-refractivity contribution >= 4 is 0 Å². The van der Waals surface area contributed by atoms with Gasteiger partial charge in [-0.1, -0.05) is 26.7 Å². The first-order chi connectivity index (χ1) is 6.29. The number of ether oxygens (including phenoxy) is 1. The van der Waals surface area contributed by atoms with Crippen LogP contribution in [0, 0.1) is 5.92 Å². The Morgan fingerprint density at radius 1 is 1.46 bits per heavy atom. The van der Waals surface area contributed by atoms with Crippen LogP contribution in [-0.2, 0) is 4.74 Å². The van der Waals surface area contributed by atoms with E-state index in [1.54, 1.807) is 0 Å². The minimum absolute atomic E-state index is 0.218. The Morgan fingerprint density at radius 3 is 2.62 bits per heavy atom. The van der Waals surface area contributed by atoms with Crippen molar-refractivity contribution in [3.05, 3.63) is 11.8 Å². The summed E-state index contributed by atoms with van der Waals surface area (Å²) >= 11 is 0. The minimum atomic E-state index is 0.218. The van der Waals surface area contributed by atoms with Crippen LogP contribution < -0.4 is 5.73 Å². The highest BCUT2D eigenvalue weighted by Crippen LogP contribution is 2.23. The Bertz CT molecular complexity index is 173. The third-order valence-electron chi connectivity index (χ3n) is 2.95. The summed E-state index contributed by atoms with van der Waals surface area (Å²) in [6, 6.07) is 0.218. The summed E-state index contributed by atoms with van der Waals surface area (Å²) in [5, 5.41) is 0. The highest BCUT2D eigenvalue weighted by molar-refractivity contribution is 5.10. The van der Waals surface area contributed by atoms with Crippen LogP contribution >= 0.6 is 0 Å². The first kappa shape index (κ1) is 10.6. The van der Waals surface area contributed by atoms with Crippen LogP contribution in [0.5, 0.6) is 0 Å². The number of rotatable bonds is 4. The second-order valence-electron chi connectivity index (χ2n) is 3.77. The molecule has 1 rings (SSSR count). The van der Waals surface area contributed by atoms with Gasteiger partial charge in [0.2, 0.25) is 0 Å². The lowest BCUT2D eigenvalue weighted by Crippen LogP contribution is -2.32. The van der Waals surface area contributed by atoms with Gasteiger partial charge in [-0.15, -0.1) is 0 Å². The topological polar surface area (TPSA) is 35.2 Å². The molecule has 0 aliphatic carbocycles. The molecule has 1 atom stereocenters. The summed E-state index contributed by atoms with van der Waals surface area (Å²) in [6.07, 6.45) is 6.45. The zero-order valence-electron chi connectivity index (χ0n) is 8.75. The van der Waals surface area contributed by atoms with Crippen molar-refractivity contribution in [3.63, 3.8) is 0 Å². The smallest absolute Gasteiger partial charge is 0.0876 e. The zero-order chi connectivity index (χ0) is 9.68. The SMILES string of the molecule is CCC(CC)C(N)C1=COCCC1. The lowest BCUT2D eigenvalue weighted by atomic mass is 9.87. The fourth-order valence-electron chi connectivity index (χ4n) is 1.93. The lowest BCUT2D eigenvalue weighted by molar-refractivity contribution is 0.217. The zero-order valence-corrected chi connectivity index (χ0v) is 8.75. The van der Waals surface area contributed by atoms with Gasteiger partial charge in [-0.2, -0.15) is 0 Å². The van der Waals surface area contributed by atoms with E-state index in [1.807, 2.05) is 6.26 Å². The van der Waals surface area contributed by atoms with Crippen LogP contribution in [0.15, 0.2) is 11.8 Å². The monoisotopic (exact) mass is 183 g/mol. The quantitative estimate of drug-likeness (QED) is 0.726. The molecule has 2 N–H and O–H groups in total. The molecular weight excluding hydrogens is 162 g/mol. The van der Waals surface area contributed by atoms with Crippen molar-refractivity contribution in [1.82, 2.24) is 0 Å². The molecule has 0 saturated heterocycles. The molecule has 1 heterocycles. The first-order valence-electron chi connectivity index (χ1n) is 5.35. The van der Waals surface area contributed by atoms with Gasteiger partial charge >= 0.3 is 0 Å². The number of nitrogens with two attached hydrogens (primary N) is 1. The second kappa shape index (κ2) is 5.28. The molecule has 2 nitrogen and oxygen atoms in total. The Hall–Kier alpha value is -0.500. The molecule has 1 aliphatic rings. The van der Waals surface area contributed by atoms with Crippen molar-refractivity contribution in [1.29, 1.82) is 0 Å². The van der Waals surface area contributed by atoms with Gasteiger partial charge in [0.15, 0.2) is 0 Å². The Balaban J connectivity index is 2.53. The molecule has 1 aliphatic heterocycles. The maximum Gasteiger partial charge on any atom is 0.0876 e. The van der Waals surface area contributed by atoms with Crippen LogP contribution in [0.4, 0.5) is 0 Å². The molecule has 0 amide bonds.